The van der Waals surface area contributed by atoms with Crippen molar-refractivity contribution in [3.8, 4) is 11.8 Å². The van der Waals surface area contributed by atoms with E-state index in [-0.39, 0.29) is 86.6 Å². The van der Waals surface area contributed by atoms with Gasteiger partial charge in [-0.05, 0) is 129 Å². The van der Waals surface area contributed by atoms with Gasteiger partial charge >= 0.3 is 5.97 Å². The predicted octanol–water partition coefficient (Wildman–Crippen LogP) is 7.56. The van der Waals surface area contributed by atoms with Crippen molar-refractivity contribution in [2.45, 2.75) is 103 Å². The Morgan fingerprint density at radius 3 is 1.80 bits per heavy atom. The standard InChI is InChI=1S/C56H64ClN3O22S5/c1-5-58-43-16-14-39-41(31-37(84(67,68)69)33-45(39)86(73,74)75)52(43)55(2,22-8-30-83(64,65)66)47(58)18-12-35-9-6-10-36(54(35)57)13-19-48-56(3,23-25-80-28-29-81-27-26-79-4)53-42-32-38(85(70,71)72)34-46(87(76,77)78)40(42)15-17-44(53)59(48)24-7-11-51(63)82-60-49(61)20-21-50(60)62/h12-21,31-34H,5-11,22-30H2,1-4H3,(H6-,61,62,64,65,66,67,68,69,70,71,72,73,74,75,76,77,78)/p+1. The van der Waals surface area contributed by atoms with Crippen LogP contribution in [0.1, 0.15) is 83.3 Å². The number of likely N-dealkylation sites (N-methyl/N-ethyl adjacent to an activating group) is 1. The normalized spacial score (nSPS) is 19.6. The second-order valence-corrected chi connectivity index (χ2v) is 28.9. The van der Waals surface area contributed by atoms with Gasteiger partial charge in [-0.2, -0.15) is 46.7 Å². The molecule has 4 aromatic carbocycles. The fourth-order valence-electron chi connectivity index (χ4n) is 11.7. The molecule has 0 saturated carbocycles. The number of halogens is 1. The summed E-state index contributed by atoms with van der Waals surface area (Å²) < 4.78 is 197. The van der Waals surface area contributed by atoms with Crippen molar-refractivity contribution in [2.75, 3.05) is 63.9 Å². The number of hydrogen-bond donors (Lipinski definition) is 7. The lowest BCUT2D eigenvalue weighted by Gasteiger charge is -2.30. The fraction of sp³-hybridized carbons (Fsp3) is 0.393. The van der Waals surface area contributed by atoms with Crippen LogP contribution < -0.4 is 9.74 Å². The average molecular weight is 1330 g/mol. The number of fused-ring (bicyclic) bond motifs is 6. The van der Waals surface area contributed by atoms with Crippen LogP contribution in [0.15, 0.2) is 126 Å². The Morgan fingerprint density at radius 1 is 0.667 bits per heavy atom. The first-order valence-corrected chi connectivity index (χ1v) is 34.8. The number of carbonyl (C=O) groups is 1. The first-order chi connectivity index (χ1) is 40.6. The minimum absolute atomic E-state index is 0.0106. The topological polar surface area (TPSA) is 377 Å². The summed E-state index contributed by atoms with van der Waals surface area (Å²) in [7, 11) is -23.4. The van der Waals surface area contributed by atoms with Crippen molar-refractivity contribution in [3.63, 3.8) is 0 Å². The number of benzene rings is 4. The predicted molar refractivity (Wildman–Crippen MR) is 319 cm³/mol. The summed E-state index contributed by atoms with van der Waals surface area (Å²) in [5.74, 6) is -2.63. The van der Waals surface area contributed by atoms with Gasteiger partial charge in [0.25, 0.3) is 50.6 Å². The number of methoxy groups -OCH3 is 1. The van der Waals surface area contributed by atoms with E-state index >= 15 is 0 Å². The molecule has 0 amide bonds. The lowest BCUT2D eigenvalue weighted by molar-refractivity contribution is -0.438. The lowest BCUT2D eigenvalue weighted by atomic mass is 9.74. The first-order valence-electron chi connectivity index (χ1n) is 27.1. The van der Waals surface area contributed by atoms with E-state index in [1.54, 1.807) is 50.3 Å². The van der Waals surface area contributed by atoms with Gasteiger partial charge < -0.3 is 34.2 Å². The number of ether oxygens (including phenoxy) is 3. The largest absolute Gasteiger partial charge is 0.492 e. The molecule has 31 heteroatoms. The van der Waals surface area contributed by atoms with E-state index in [1.807, 2.05) is 16.4 Å². The smallest absolute Gasteiger partial charge is 0.333 e. The van der Waals surface area contributed by atoms with E-state index in [9.17, 15) is 79.9 Å². The zero-order valence-electron chi connectivity index (χ0n) is 47.4. The molecule has 5 aromatic rings. The van der Waals surface area contributed by atoms with Crippen LogP contribution in [0.25, 0.3) is 21.5 Å². The number of allylic oxidation sites excluding steroid dienone is 8. The second kappa shape index (κ2) is 25.8. The van der Waals surface area contributed by atoms with Gasteiger partial charge in [-0.1, -0.05) is 29.8 Å². The van der Waals surface area contributed by atoms with Gasteiger partial charge in [0.15, 0.2) is 5.71 Å². The molecule has 7 N–H and O–H groups in total. The molecule has 1 aromatic heterocycles. The summed E-state index contributed by atoms with van der Waals surface area (Å²) >= 11 is 7.39. The van der Waals surface area contributed by atoms with Crippen molar-refractivity contribution < 1.29 is 103 Å². The molecule has 0 spiro atoms. The third kappa shape index (κ3) is 14.3. The highest BCUT2D eigenvalue weighted by molar-refractivity contribution is 7.87. The molecule has 87 heavy (non-hydrogen) atoms. The monoisotopic (exact) mass is 1330 g/mol. The molecule has 3 aliphatic rings. The van der Waals surface area contributed by atoms with Gasteiger partial charge in [-0.25, -0.2) is 4.79 Å². The second-order valence-electron chi connectivity index (χ2n) is 21.3. The van der Waals surface area contributed by atoms with Crippen molar-refractivity contribution in [1.82, 2.24) is 4.73 Å². The Bertz CT molecular complexity index is 4330. The highest BCUT2D eigenvalue weighted by Crippen LogP contribution is 2.55. The molecule has 0 fully saturated rings. The van der Waals surface area contributed by atoms with Crippen LogP contribution in [0.3, 0.4) is 0 Å². The number of hydrogen-bond acceptors (Lipinski definition) is 18. The summed E-state index contributed by atoms with van der Waals surface area (Å²) in [6, 6.07) is 11.6. The summed E-state index contributed by atoms with van der Waals surface area (Å²) in [6.07, 6.45) is 8.17. The van der Waals surface area contributed by atoms with Gasteiger partial charge in [0.2, 0.25) is 17.4 Å². The summed E-state index contributed by atoms with van der Waals surface area (Å²) in [6.45, 7) is 6.61. The van der Waals surface area contributed by atoms with Crippen LogP contribution in [-0.2, 0) is 80.4 Å². The van der Waals surface area contributed by atoms with E-state index in [4.69, 9.17) is 30.6 Å². The van der Waals surface area contributed by atoms with Gasteiger partial charge in [-0.3, -0.25) is 22.8 Å². The number of anilines is 1. The maximum Gasteiger partial charge on any atom is 0.333 e. The molecule has 472 valence electrons. The van der Waals surface area contributed by atoms with Gasteiger partial charge in [0.05, 0.1) is 53.8 Å². The molecular weight excluding hydrogens is 1260 g/mol. The van der Waals surface area contributed by atoms with Gasteiger partial charge in [-0.15, -0.1) is 4.73 Å². The Balaban J connectivity index is 1.28. The van der Waals surface area contributed by atoms with Crippen molar-refractivity contribution >= 4 is 107 Å². The van der Waals surface area contributed by atoms with E-state index < -0.39 is 104 Å². The van der Waals surface area contributed by atoms with Crippen LogP contribution in [-0.4, -0.2) is 155 Å². The van der Waals surface area contributed by atoms with E-state index in [0.29, 0.717) is 99.4 Å². The zero-order valence-corrected chi connectivity index (χ0v) is 52.3. The third-order valence-electron chi connectivity index (χ3n) is 15.7. The zero-order chi connectivity index (χ0) is 63.8. The van der Waals surface area contributed by atoms with Crippen molar-refractivity contribution in [2.24, 2.45) is 0 Å². The number of aromatic hydroxyl groups is 2. The van der Waals surface area contributed by atoms with Crippen molar-refractivity contribution in [3.05, 3.63) is 118 Å². The number of carbonyl (C=O) groups excluding carboxylic acids is 1. The van der Waals surface area contributed by atoms with Crippen LogP contribution in [0.2, 0.25) is 0 Å². The van der Waals surface area contributed by atoms with Crippen molar-refractivity contribution in [1.29, 1.82) is 0 Å². The van der Waals surface area contributed by atoms with Gasteiger partial charge in [0.1, 0.15) is 16.3 Å². The Kier molecular flexibility index (Phi) is 19.8. The quantitative estimate of drug-likeness (QED) is 0.0159. The van der Waals surface area contributed by atoms with Gasteiger partial charge in [0, 0.05) is 89.1 Å². The molecule has 2 unspecified atom stereocenters. The molecule has 1 aliphatic carbocycles. The molecule has 3 heterocycles. The molecule has 0 bridgehead atoms. The molecule has 2 atom stereocenters. The Labute approximate surface area is 508 Å². The molecular formula is C56H65ClN3O22S5+. The maximum atomic E-state index is 13.2. The molecule has 0 saturated heterocycles. The minimum Gasteiger partial charge on any atom is -0.492 e. The Hall–Kier alpha value is -6.10. The highest BCUT2D eigenvalue weighted by Gasteiger charge is 2.50. The summed E-state index contributed by atoms with van der Waals surface area (Å²) in [5.41, 5.74) is 1.26. The molecule has 0 radical (unpaired) electrons. The molecule has 8 rings (SSSR count). The summed E-state index contributed by atoms with van der Waals surface area (Å²) in [4.78, 5) is 17.0. The highest BCUT2D eigenvalue weighted by atomic mass is 35.5. The third-order valence-corrected chi connectivity index (χ3v) is 20.4. The number of aromatic nitrogens is 1. The van der Waals surface area contributed by atoms with Crippen LogP contribution >= 0.6 is 11.6 Å². The number of rotatable bonds is 26. The lowest BCUT2D eigenvalue weighted by Crippen LogP contribution is -2.33. The minimum atomic E-state index is -5.15. The first kappa shape index (κ1) is 66.8. The summed E-state index contributed by atoms with van der Waals surface area (Å²) in [5, 5.41) is 20.4. The van der Waals surface area contributed by atoms with Crippen LogP contribution in [0.4, 0.5) is 11.4 Å². The average Bonchev–Trinajstić information content (AvgIpc) is 1.62. The maximum absolute atomic E-state index is 13.2. The number of nitrogens with zero attached hydrogens (tertiary/aromatic N) is 3. The van der Waals surface area contributed by atoms with Crippen LogP contribution in [0, 0.1) is 0 Å². The molecule has 25 nitrogen and oxygen atoms in total. The SMILES string of the molecule is CCN1C(=CC=C2CCCC(C=CC3=[N+](CCCC(=O)On4c(O)ccc4O)c4ccc5c(S(=O)(=O)O)cc(S(=O)(=O)O)cc5c4C3(C)CCOCCOCCOC)=C2Cl)C(C)(CCCS(=O)(=O)O)c2c1ccc1c(S(=O)(=O)O)cc(S(=O)(=O)O)cc21. The van der Waals surface area contributed by atoms with E-state index in [2.05, 4.69) is 0 Å². The van der Waals surface area contributed by atoms with E-state index in [1.165, 1.54) is 19.2 Å². The molecule has 2 aliphatic heterocycles. The van der Waals surface area contributed by atoms with E-state index in [0.717, 1.165) is 24.3 Å². The van der Waals surface area contributed by atoms with Crippen LogP contribution in [0.5, 0.6) is 11.8 Å². The fourth-order valence-corrected chi connectivity index (χ4v) is 15.3. The Morgan fingerprint density at radius 2 is 1.24 bits per heavy atom.